The van der Waals surface area contributed by atoms with Gasteiger partial charge < -0.3 is 20.1 Å². The van der Waals surface area contributed by atoms with E-state index < -0.39 is 17.9 Å². The predicted molar refractivity (Wildman–Crippen MR) is 125 cm³/mol. The molecule has 3 N–H and O–H groups in total. The fourth-order valence-electron chi connectivity index (χ4n) is 3.16. The van der Waals surface area contributed by atoms with Crippen molar-refractivity contribution in [3.8, 4) is 5.75 Å². The van der Waals surface area contributed by atoms with Gasteiger partial charge in [-0.15, -0.1) is 0 Å². The Bertz CT molecular complexity index is 1100. The molecular weight excluding hydrogens is 447 g/mol. The molecule has 1 aliphatic rings. The molecule has 2 aromatic rings. The molecule has 10 heteroatoms. The predicted octanol–water partition coefficient (Wildman–Crippen LogP) is 2.71. The molecule has 172 valence electrons. The number of benzene rings is 2. The number of thiocarbonyl (C=S) groups is 1. The fraction of sp³-hybridized carbons (Fsp3) is 0.217. The smallest absolute Gasteiger partial charge is 0.338 e. The van der Waals surface area contributed by atoms with Gasteiger partial charge in [-0.1, -0.05) is 30.3 Å². The van der Waals surface area contributed by atoms with Gasteiger partial charge in [0.2, 0.25) is 0 Å². The van der Waals surface area contributed by atoms with Crippen LogP contribution in [0, 0.1) is 5.82 Å². The number of nitrogens with one attached hydrogen (secondary N) is 3. The van der Waals surface area contributed by atoms with Crippen molar-refractivity contribution >= 4 is 35.4 Å². The molecule has 1 aliphatic heterocycles. The lowest BCUT2D eigenvalue weighted by atomic mass is 9.95. The Kier molecular flexibility index (Phi) is 8.09. The number of allylic oxidation sites excluding steroid dienone is 1. The van der Waals surface area contributed by atoms with Gasteiger partial charge in [-0.05, 0) is 49.8 Å². The first-order valence-corrected chi connectivity index (χ1v) is 10.5. The van der Waals surface area contributed by atoms with Gasteiger partial charge in [0.05, 0.1) is 24.4 Å². The largest absolute Gasteiger partial charge is 0.483 e. The third-order valence-electron chi connectivity index (χ3n) is 4.63. The van der Waals surface area contributed by atoms with Crippen LogP contribution in [0.5, 0.6) is 5.75 Å². The van der Waals surface area contributed by atoms with E-state index in [1.165, 1.54) is 30.5 Å². The lowest BCUT2D eigenvalue weighted by Gasteiger charge is -2.30. The third kappa shape index (κ3) is 6.36. The first-order chi connectivity index (χ1) is 15.9. The van der Waals surface area contributed by atoms with Crippen molar-refractivity contribution in [3.63, 3.8) is 0 Å². The summed E-state index contributed by atoms with van der Waals surface area (Å²) in [4.78, 5) is 24.8. The highest BCUT2D eigenvalue weighted by atomic mass is 32.1. The lowest BCUT2D eigenvalue weighted by Crippen LogP contribution is -2.45. The summed E-state index contributed by atoms with van der Waals surface area (Å²) < 4.78 is 23.9. The number of halogens is 1. The number of para-hydroxylation sites is 1. The average Bonchev–Trinajstić information content (AvgIpc) is 2.79. The summed E-state index contributed by atoms with van der Waals surface area (Å²) in [6.45, 7) is 3.38. The molecule has 0 radical (unpaired) electrons. The molecule has 0 saturated heterocycles. The van der Waals surface area contributed by atoms with Gasteiger partial charge >= 0.3 is 5.97 Å². The summed E-state index contributed by atoms with van der Waals surface area (Å²) in [6, 6.07) is 12.1. The highest BCUT2D eigenvalue weighted by molar-refractivity contribution is 7.80. The lowest BCUT2D eigenvalue weighted by molar-refractivity contribution is -0.139. The van der Waals surface area contributed by atoms with Gasteiger partial charge in [-0.3, -0.25) is 4.79 Å². The van der Waals surface area contributed by atoms with E-state index in [0.717, 1.165) is 0 Å². The molecule has 0 spiro atoms. The Balaban J connectivity index is 1.71. The molecular formula is C23H23FN4O4S. The van der Waals surface area contributed by atoms with E-state index in [2.05, 4.69) is 21.2 Å². The summed E-state index contributed by atoms with van der Waals surface area (Å²) >= 11 is 5.26. The van der Waals surface area contributed by atoms with Crippen LogP contribution in [0.1, 0.15) is 31.0 Å². The van der Waals surface area contributed by atoms with Gasteiger partial charge in [0, 0.05) is 11.3 Å². The number of amides is 1. The topological polar surface area (TPSA) is 101 Å². The Morgan fingerprint density at radius 3 is 2.67 bits per heavy atom. The van der Waals surface area contributed by atoms with Crippen molar-refractivity contribution in [1.29, 1.82) is 0 Å². The van der Waals surface area contributed by atoms with E-state index >= 15 is 0 Å². The molecule has 0 unspecified atom stereocenters. The van der Waals surface area contributed by atoms with Crippen LogP contribution < -0.4 is 20.8 Å². The van der Waals surface area contributed by atoms with Crippen LogP contribution in [-0.2, 0) is 14.3 Å². The Labute approximate surface area is 195 Å². The summed E-state index contributed by atoms with van der Waals surface area (Å²) in [7, 11) is 0. The Hall–Kier alpha value is -3.79. The maximum absolute atomic E-state index is 12.9. The van der Waals surface area contributed by atoms with Crippen LogP contribution >= 0.6 is 12.2 Å². The van der Waals surface area contributed by atoms with E-state index in [0.29, 0.717) is 33.3 Å². The third-order valence-corrected chi connectivity index (χ3v) is 4.85. The molecule has 0 bridgehead atoms. The second kappa shape index (κ2) is 11.2. The highest BCUT2D eigenvalue weighted by Crippen LogP contribution is 2.33. The molecule has 1 atom stereocenters. The van der Waals surface area contributed by atoms with Crippen molar-refractivity contribution < 1.29 is 23.5 Å². The van der Waals surface area contributed by atoms with E-state index in [1.807, 2.05) is 0 Å². The first kappa shape index (κ1) is 23.9. The van der Waals surface area contributed by atoms with Crippen LogP contribution in [0.25, 0.3) is 0 Å². The van der Waals surface area contributed by atoms with Gasteiger partial charge in [-0.25, -0.2) is 14.6 Å². The van der Waals surface area contributed by atoms with Gasteiger partial charge in [0.15, 0.2) is 11.7 Å². The minimum absolute atomic E-state index is 0.226. The van der Waals surface area contributed by atoms with Crippen LogP contribution in [0.4, 0.5) is 4.39 Å². The summed E-state index contributed by atoms with van der Waals surface area (Å²) in [5, 5.41) is 10.2. The zero-order chi connectivity index (χ0) is 23.8. The normalized spacial score (nSPS) is 15.6. The number of nitrogens with zero attached hydrogens (tertiary/aromatic N) is 1. The molecule has 2 aromatic carbocycles. The Morgan fingerprint density at radius 2 is 1.94 bits per heavy atom. The van der Waals surface area contributed by atoms with Crippen molar-refractivity contribution in [1.82, 2.24) is 16.1 Å². The monoisotopic (exact) mass is 470 g/mol. The SMILES string of the molecule is CCOC(=O)C1=C(C)NC(=S)N[C@H]1c1ccccc1OCC(=O)NN=Cc1ccc(F)cc1. The van der Waals surface area contributed by atoms with Crippen molar-refractivity contribution in [2.75, 3.05) is 13.2 Å². The molecule has 3 rings (SSSR count). The summed E-state index contributed by atoms with van der Waals surface area (Å²) in [5.74, 6) is -0.935. The number of hydrogen-bond acceptors (Lipinski definition) is 6. The molecule has 33 heavy (non-hydrogen) atoms. The number of rotatable bonds is 8. The quantitative estimate of drug-likeness (QED) is 0.236. The maximum atomic E-state index is 12.9. The number of carbonyl (C=O) groups excluding carboxylic acids is 2. The number of hydrazone groups is 1. The van der Waals surface area contributed by atoms with Gasteiger partial charge in [0.1, 0.15) is 11.6 Å². The van der Waals surface area contributed by atoms with Crippen LogP contribution in [0.2, 0.25) is 0 Å². The van der Waals surface area contributed by atoms with Gasteiger partial charge in [0.25, 0.3) is 5.91 Å². The van der Waals surface area contributed by atoms with Gasteiger partial charge in [-0.2, -0.15) is 5.10 Å². The highest BCUT2D eigenvalue weighted by Gasteiger charge is 2.32. The number of carbonyl (C=O) groups is 2. The standard InChI is InChI=1S/C23H23FN4O4S/c1-3-31-22(30)20-14(2)26-23(33)27-21(20)17-6-4-5-7-18(17)32-13-19(29)28-25-12-15-8-10-16(24)11-9-15/h4-12,21H,3,13H2,1-2H3,(H,28,29)(H2,26,27,33)/t21-/m0/s1. The first-order valence-electron chi connectivity index (χ1n) is 10.1. The molecule has 1 heterocycles. The number of esters is 1. The molecule has 1 amide bonds. The average molecular weight is 471 g/mol. The van der Waals surface area contributed by atoms with E-state index in [9.17, 15) is 14.0 Å². The number of ether oxygens (including phenoxy) is 2. The minimum Gasteiger partial charge on any atom is -0.483 e. The molecule has 0 saturated carbocycles. The molecule has 0 aromatic heterocycles. The number of hydrogen-bond donors (Lipinski definition) is 3. The van der Waals surface area contributed by atoms with E-state index in [-0.39, 0.29) is 19.0 Å². The second-order valence-corrected chi connectivity index (χ2v) is 7.37. The molecule has 0 fully saturated rings. The summed E-state index contributed by atoms with van der Waals surface area (Å²) in [6.07, 6.45) is 1.39. The second-order valence-electron chi connectivity index (χ2n) is 6.96. The fourth-order valence-corrected chi connectivity index (χ4v) is 3.43. The minimum atomic E-state index is -0.617. The van der Waals surface area contributed by atoms with Crippen molar-refractivity contribution in [2.24, 2.45) is 5.10 Å². The van der Waals surface area contributed by atoms with E-state index in [1.54, 1.807) is 38.1 Å². The van der Waals surface area contributed by atoms with Crippen LogP contribution in [-0.4, -0.2) is 36.4 Å². The van der Waals surface area contributed by atoms with Crippen molar-refractivity contribution in [3.05, 3.63) is 76.7 Å². The van der Waals surface area contributed by atoms with Crippen LogP contribution in [0.3, 0.4) is 0 Å². The Morgan fingerprint density at radius 1 is 1.21 bits per heavy atom. The summed E-state index contributed by atoms with van der Waals surface area (Å²) in [5.41, 5.74) is 4.55. The molecule has 8 nitrogen and oxygen atoms in total. The molecule has 0 aliphatic carbocycles. The van der Waals surface area contributed by atoms with Crippen molar-refractivity contribution in [2.45, 2.75) is 19.9 Å². The van der Waals surface area contributed by atoms with E-state index in [4.69, 9.17) is 21.7 Å². The van der Waals surface area contributed by atoms with Crippen LogP contribution in [0.15, 0.2) is 64.9 Å². The zero-order valence-corrected chi connectivity index (χ0v) is 18.9. The zero-order valence-electron chi connectivity index (χ0n) is 18.1. The maximum Gasteiger partial charge on any atom is 0.338 e.